The molecule has 0 spiro atoms. The molecular formula is C15H19N3OS2. The van der Waals surface area contributed by atoms with Crippen LogP contribution in [0.5, 0.6) is 0 Å². The molecule has 0 aliphatic rings. The lowest BCUT2D eigenvalue weighted by atomic mass is 10.0. The highest BCUT2D eigenvalue weighted by atomic mass is 32.2. The van der Waals surface area contributed by atoms with Gasteiger partial charge in [-0.15, -0.1) is 10.2 Å². The van der Waals surface area contributed by atoms with Gasteiger partial charge >= 0.3 is 0 Å². The monoisotopic (exact) mass is 321 g/mol. The average molecular weight is 321 g/mol. The van der Waals surface area contributed by atoms with E-state index in [2.05, 4.69) is 29.4 Å². The van der Waals surface area contributed by atoms with Crippen molar-refractivity contribution in [3.63, 3.8) is 0 Å². The molecule has 0 fully saturated rings. The van der Waals surface area contributed by atoms with Crippen molar-refractivity contribution in [1.82, 2.24) is 10.2 Å². The van der Waals surface area contributed by atoms with Gasteiger partial charge in [0.1, 0.15) is 5.01 Å². The van der Waals surface area contributed by atoms with Crippen molar-refractivity contribution in [2.45, 2.75) is 43.2 Å². The quantitative estimate of drug-likeness (QED) is 0.843. The van der Waals surface area contributed by atoms with Crippen molar-refractivity contribution < 1.29 is 4.79 Å². The van der Waals surface area contributed by atoms with Crippen molar-refractivity contribution in [3.8, 4) is 0 Å². The van der Waals surface area contributed by atoms with Gasteiger partial charge in [-0.25, -0.2) is 0 Å². The molecule has 0 aliphatic heterocycles. The van der Waals surface area contributed by atoms with Crippen LogP contribution in [0.15, 0.2) is 28.6 Å². The second-order valence-corrected chi connectivity index (χ2v) is 7.88. The maximum Gasteiger partial charge on any atom is 0.237 e. The van der Waals surface area contributed by atoms with Crippen molar-refractivity contribution in [3.05, 3.63) is 34.8 Å². The van der Waals surface area contributed by atoms with Gasteiger partial charge in [-0.3, -0.25) is 4.79 Å². The maximum atomic E-state index is 12.2. The molecule has 0 saturated carbocycles. The van der Waals surface area contributed by atoms with Crippen LogP contribution in [-0.4, -0.2) is 21.4 Å². The summed E-state index contributed by atoms with van der Waals surface area (Å²) in [7, 11) is 0. The Bertz CT molecular complexity index is 608. The summed E-state index contributed by atoms with van der Waals surface area (Å²) in [6.45, 7) is 8.08. The van der Waals surface area contributed by atoms with Gasteiger partial charge in [-0.2, -0.15) is 0 Å². The second kappa shape index (κ2) is 7.04. The fourth-order valence-electron chi connectivity index (χ4n) is 1.73. The van der Waals surface area contributed by atoms with Crippen LogP contribution in [0.25, 0.3) is 0 Å². The van der Waals surface area contributed by atoms with Crippen molar-refractivity contribution in [2.75, 3.05) is 5.32 Å². The van der Waals surface area contributed by atoms with Crippen LogP contribution in [-0.2, 0) is 4.79 Å². The Morgan fingerprint density at radius 3 is 2.38 bits per heavy atom. The van der Waals surface area contributed by atoms with Crippen LogP contribution in [0.3, 0.4) is 0 Å². The summed E-state index contributed by atoms with van der Waals surface area (Å²) in [5.74, 6) is 0.468. The number of nitrogens with zero attached hydrogens (tertiary/aromatic N) is 2. The first-order valence-electron chi connectivity index (χ1n) is 6.83. The van der Waals surface area contributed by atoms with Gasteiger partial charge in [0.15, 0.2) is 4.34 Å². The predicted molar refractivity (Wildman–Crippen MR) is 89.1 cm³/mol. The Morgan fingerprint density at radius 1 is 1.19 bits per heavy atom. The van der Waals surface area contributed by atoms with Crippen molar-refractivity contribution in [1.29, 1.82) is 0 Å². The largest absolute Gasteiger partial charge is 0.325 e. The van der Waals surface area contributed by atoms with E-state index in [0.29, 0.717) is 5.92 Å². The summed E-state index contributed by atoms with van der Waals surface area (Å²) in [6.07, 6.45) is 0. The summed E-state index contributed by atoms with van der Waals surface area (Å²) >= 11 is 2.94. The molecule has 1 amide bonds. The predicted octanol–water partition coefficient (Wildman–Crippen LogP) is 4.09. The third kappa shape index (κ3) is 4.54. The third-order valence-corrected chi connectivity index (χ3v) is 5.02. The van der Waals surface area contributed by atoms with E-state index in [1.807, 2.05) is 38.1 Å². The lowest BCUT2D eigenvalue weighted by molar-refractivity contribution is -0.115. The van der Waals surface area contributed by atoms with Crippen LogP contribution < -0.4 is 5.32 Å². The molecule has 2 aromatic rings. The number of rotatable bonds is 5. The molecule has 0 saturated heterocycles. The summed E-state index contributed by atoms with van der Waals surface area (Å²) in [5, 5.41) is 11.6. The summed E-state index contributed by atoms with van der Waals surface area (Å²) < 4.78 is 0.824. The normalized spacial score (nSPS) is 12.4. The molecule has 2 rings (SSSR count). The van der Waals surface area contributed by atoms with Crippen molar-refractivity contribution in [2.24, 2.45) is 0 Å². The smallest absolute Gasteiger partial charge is 0.237 e. The number of amides is 1. The van der Waals surface area contributed by atoms with Gasteiger partial charge in [0, 0.05) is 5.69 Å². The van der Waals surface area contributed by atoms with E-state index in [4.69, 9.17) is 0 Å². The van der Waals surface area contributed by atoms with E-state index in [9.17, 15) is 4.79 Å². The number of anilines is 1. The van der Waals surface area contributed by atoms with E-state index in [1.165, 1.54) is 28.7 Å². The molecule has 1 aromatic heterocycles. The van der Waals surface area contributed by atoms with Crippen LogP contribution >= 0.6 is 23.1 Å². The highest BCUT2D eigenvalue weighted by molar-refractivity contribution is 8.02. The average Bonchev–Trinajstić information content (AvgIpc) is 2.84. The Morgan fingerprint density at radius 2 is 1.86 bits per heavy atom. The van der Waals surface area contributed by atoms with Gasteiger partial charge in [-0.05, 0) is 37.5 Å². The number of hydrogen-bond donors (Lipinski definition) is 1. The van der Waals surface area contributed by atoms with Crippen LogP contribution in [0.1, 0.15) is 37.3 Å². The molecule has 1 heterocycles. The van der Waals surface area contributed by atoms with Gasteiger partial charge in [0.05, 0.1) is 5.25 Å². The molecule has 0 aliphatic carbocycles. The summed E-state index contributed by atoms with van der Waals surface area (Å²) in [4.78, 5) is 12.2. The minimum Gasteiger partial charge on any atom is -0.325 e. The van der Waals surface area contributed by atoms with Crippen LogP contribution in [0, 0.1) is 6.92 Å². The molecule has 112 valence electrons. The third-order valence-electron chi connectivity index (χ3n) is 3.00. The van der Waals surface area contributed by atoms with E-state index < -0.39 is 0 Å². The number of benzene rings is 1. The van der Waals surface area contributed by atoms with E-state index >= 15 is 0 Å². The molecule has 0 bridgehead atoms. The zero-order chi connectivity index (χ0) is 15.4. The molecule has 1 aromatic carbocycles. The minimum absolute atomic E-state index is 0.0230. The molecule has 1 N–H and O–H groups in total. The topological polar surface area (TPSA) is 54.9 Å². The lowest BCUT2D eigenvalue weighted by Crippen LogP contribution is -2.22. The van der Waals surface area contributed by atoms with Crippen LogP contribution in [0.2, 0.25) is 0 Å². The number of nitrogens with one attached hydrogen (secondary N) is 1. The highest BCUT2D eigenvalue weighted by Crippen LogP contribution is 2.27. The minimum atomic E-state index is -0.206. The number of carbonyl (C=O) groups excluding carboxylic acids is 1. The molecule has 1 atom stereocenters. The fourth-order valence-corrected chi connectivity index (χ4v) is 3.69. The van der Waals surface area contributed by atoms with Gasteiger partial charge in [0.25, 0.3) is 0 Å². The SMILES string of the molecule is Cc1nnc(S[C@@H](C)C(=O)Nc2ccc(C(C)C)cc2)s1. The first-order valence-corrected chi connectivity index (χ1v) is 8.53. The zero-order valence-corrected chi connectivity index (χ0v) is 14.2. The number of thioether (sulfide) groups is 1. The van der Waals surface area contributed by atoms with Crippen molar-refractivity contribution >= 4 is 34.7 Å². The zero-order valence-electron chi connectivity index (χ0n) is 12.6. The van der Waals surface area contributed by atoms with E-state index in [-0.39, 0.29) is 11.2 Å². The molecule has 0 radical (unpaired) electrons. The highest BCUT2D eigenvalue weighted by Gasteiger charge is 2.16. The number of aryl methyl sites for hydroxylation is 1. The standard InChI is InChI=1S/C15H19N3OS2/c1-9(2)12-5-7-13(8-6-12)16-14(19)10(3)20-15-18-17-11(4)21-15/h5-10H,1-4H3,(H,16,19)/t10-/m0/s1. The number of carbonyl (C=O) groups is 1. The molecule has 4 nitrogen and oxygen atoms in total. The second-order valence-electron chi connectivity index (χ2n) is 5.11. The van der Waals surface area contributed by atoms with Crippen LogP contribution in [0.4, 0.5) is 5.69 Å². The molecule has 21 heavy (non-hydrogen) atoms. The Kier molecular flexibility index (Phi) is 5.36. The first kappa shape index (κ1) is 16.0. The Hall–Kier alpha value is -1.40. The molecule has 6 heteroatoms. The maximum absolute atomic E-state index is 12.2. The Balaban J connectivity index is 1.93. The lowest BCUT2D eigenvalue weighted by Gasteiger charge is -2.11. The van der Waals surface area contributed by atoms with Gasteiger partial charge in [-0.1, -0.05) is 49.1 Å². The fraction of sp³-hybridized carbons (Fsp3) is 0.400. The van der Waals surface area contributed by atoms with E-state index in [0.717, 1.165) is 15.0 Å². The Labute approximate surface area is 133 Å². The van der Waals surface area contributed by atoms with E-state index in [1.54, 1.807) is 0 Å². The summed E-state index contributed by atoms with van der Waals surface area (Å²) in [5.41, 5.74) is 2.09. The first-order chi connectivity index (χ1) is 9.95. The number of aromatic nitrogens is 2. The molecular weight excluding hydrogens is 302 g/mol. The molecule has 0 unspecified atom stereocenters. The summed E-state index contributed by atoms with van der Waals surface area (Å²) in [6, 6.07) is 7.98. The van der Waals surface area contributed by atoms with Gasteiger partial charge in [0.2, 0.25) is 5.91 Å². The number of hydrogen-bond acceptors (Lipinski definition) is 5. The van der Waals surface area contributed by atoms with Gasteiger partial charge < -0.3 is 5.32 Å².